The van der Waals surface area contributed by atoms with Gasteiger partial charge >= 0.3 is 0 Å². The molecule has 0 aliphatic rings. The minimum Gasteiger partial charge on any atom is -0.549 e. The number of carboxylic acid groups (broad SMARTS) is 1. The van der Waals surface area contributed by atoms with E-state index in [2.05, 4.69) is 0 Å². The van der Waals surface area contributed by atoms with Crippen LogP contribution in [-0.2, 0) is 21.2 Å². The Kier molecular flexibility index (Phi) is 5.33. The summed E-state index contributed by atoms with van der Waals surface area (Å²) in [4.78, 5) is 12.0. The lowest BCUT2D eigenvalue weighted by atomic mass is 10.2. The van der Waals surface area contributed by atoms with E-state index in [-0.39, 0.29) is 11.4 Å². The number of benzene rings is 1. The molecule has 0 spiro atoms. The summed E-state index contributed by atoms with van der Waals surface area (Å²) >= 11 is 1.51. The molecular formula is C15H16NO4S2-. The fraction of sp³-hybridized carbons (Fsp3) is 0.267. The Balaban J connectivity index is 2.22. The molecule has 0 aliphatic carbocycles. The molecule has 0 unspecified atom stereocenters. The Bertz CT molecular complexity index is 721. The molecule has 0 aliphatic heterocycles. The molecule has 7 heteroatoms. The van der Waals surface area contributed by atoms with E-state index in [1.807, 2.05) is 24.4 Å². The minimum atomic E-state index is -3.85. The molecule has 2 rings (SSSR count). The molecule has 1 aromatic carbocycles. The lowest BCUT2D eigenvalue weighted by molar-refractivity contribution is -0.305. The highest BCUT2D eigenvalue weighted by atomic mass is 32.2. The molecule has 1 aromatic heterocycles. The fourth-order valence-corrected chi connectivity index (χ4v) is 4.06. The third-order valence-electron chi connectivity index (χ3n) is 3.15. The first-order chi connectivity index (χ1) is 10.4. The van der Waals surface area contributed by atoms with Crippen molar-refractivity contribution in [1.29, 1.82) is 0 Å². The average Bonchev–Trinajstić information content (AvgIpc) is 2.96. The van der Waals surface area contributed by atoms with Crippen LogP contribution >= 0.6 is 11.3 Å². The molecule has 22 heavy (non-hydrogen) atoms. The minimum absolute atomic E-state index is 0.0885. The number of carboxylic acids is 1. The van der Waals surface area contributed by atoms with Gasteiger partial charge in [0.15, 0.2) is 0 Å². The monoisotopic (exact) mass is 338 g/mol. The van der Waals surface area contributed by atoms with Gasteiger partial charge in [0.25, 0.3) is 0 Å². The zero-order valence-corrected chi connectivity index (χ0v) is 13.7. The molecule has 2 aromatic rings. The van der Waals surface area contributed by atoms with Crippen molar-refractivity contribution < 1.29 is 18.3 Å². The number of hydrogen-bond acceptors (Lipinski definition) is 5. The Morgan fingerprint density at radius 3 is 2.45 bits per heavy atom. The van der Waals surface area contributed by atoms with Crippen molar-refractivity contribution in [3.63, 3.8) is 0 Å². The predicted octanol–water partition coefficient (Wildman–Crippen LogP) is 1.04. The number of carbonyl (C=O) groups excluding carboxylic acids is 1. The van der Waals surface area contributed by atoms with Gasteiger partial charge in [-0.1, -0.05) is 23.8 Å². The van der Waals surface area contributed by atoms with Gasteiger partial charge in [-0.15, -0.1) is 11.3 Å². The third-order valence-corrected chi connectivity index (χ3v) is 5.95. The van der Waals surface area contributed by atoms with E-state index in [0.717, 1.165) is 14.7 Å². The van der Waals surface area contributed by atoms with Crippen LogP contribution in [0.5, 0.6) is 0 Å². The predicted molar refractivity (Wildman–Crippen MR) is 83.0 cm³/mol. The molecule has 0 fully saturated rings. The second kappa shape index (κ2) is 7.04. The molecule has 0 atom stereocenters. The van der Waals surface area contributed by atoms with Crippen molar-refractivity contribution in [3.05, 3.63) is 52.2 Å². The molecular weight excluding hydrogens is 322 g/mol. The number of hydrogen-bond donors (Lipinski definition) is 0. The second-order valence-electron chi connectivity index (χ2n) is 4.85. The summed E-state index contributed by atoms with van der Waals surface area (Å²) in [6, 6.07) is 10.1. The van der Waals surface area contributed by atoms with Crippen LogP contribution in [0.15, 0.2) is 46.7 Å². The zero-order chi connectivity index (χ0) is 16.2. The molecule has 0 amide bonds. The summed E-state index contributed by atoms with van der Waals surface area (Å²) in [6.07, 6.45) is 0.468. The van der Waals surface area contributed by atoms with Crippen LogP contribution in [0.3, 0.4) is 0 Å². The Hall–Kier alpha value is -1.70. The first-order valence-electron chi connectivity index (χ1n) is 6.68. The molecule has 0 radical (unpaired) electrons. The molecule has 0 saturated heterocycles. The van der Waals surface area contributed by atoms with Gasteiger partial charge in [0, 0.05) is 11.4 Å². The maximum atomic E-state index is 12.6. The van der Waals surface area contributed by atoms with E-state index in [4.69, 9.17) is 0 Å². The Morgan fingerprint density at radius 2 is 1.91 bits per heavy atom. The standard InChI is InChI=1S/C15H17NO4S2/c1-12-4-6-14(7-5-12)22(19,20)16(11-15(17)18)9-8-13-3-2-10-21-13/h2-7,10H,8-9,11H2,1H3,(H,17,18)/p-1. The Morgan fingerprint density at radius 1 is 1.23 bits per heavy atom. The lowest BCUT2D eigenvalue weighted by Gasteiger charge is -2.22. The van der Waals surface area contributed by atoms with Crippen molar-refractivity contribution in [3.8, 4) is 0 Å². The number of rotatable bonds is 7. The molecule has 0 bridgehead atoms. The Labute approximate surface area is 133 Å². The zero-order valence-electron chi connectivity index (χ0n) is 12.1. The first-order valence-corrected chi connectivity index (χ1v) is 9.00. The fourth-order valence-electron chi connectivity index (χ4n) is 1.98. The molecule has 118 valence electrons. The van der Waals surface area contributed by atoms with Gasteiger partial charge in [-0.3, -0.25) is 0 Å². The molecule has 0 N–H and O–H groups in total. The van der Waals surface area contributed by atoms with Gasteiger partial charge in [-0.2, -0.15) is 4.31 Å². The van der Waals surface area contributed by atoms with Crippen LogP contribution in [0, 0.1) is 6.92 Å². The summed E-state index contributed by atoms with van der Waals surface area (Å²) in [5.41, 5.74) is 0.934. The number of sulfonamides is 1. The van der Waals surface area contributed by atoms with E-state index in [9.17, 15) is 18.3 Å². The maximum Gasteiger partial charge on any atom is 0.243 e. The number of aliphatic carboxylic acids is 1. The first kappa shape index (κ1) is 16.7. The molecule has 5 nitrogen and oxygen atoms in total. The highest BCUT2D eigenvalue weighted by Gasteiger charge is 2.24. The van der Waals surface area contributed by atoms with Crippen LogP contribution < -0.4 is 5.11 Å². The van der Waals surface area contributed by atoms with E-state index in [1.54, 1.807) is 12.1 Å². The highest BCUT2D eigenvalue weighted by molar-refractivity contribution is 7.89. The van der Waals surface area contributed by atoms with Crippen molar-refractivity contribution in [1.82, 2.24) is 4.31 Å². The van der Waals surface area contributed by atoms with Crippen LogP contribution in [-0.4, -0.2) is 31.8 Å². The van der Waals surface area contributed by atoms with E-state index < -0.39 is 22.5 Å². The van der Waals surface area contributed by atoms with E-state index in [1.165, 1.54) is 23.5 Å². The van der Waals surface area contributed by atoms with Crippen LogP contribution in [0.4, 0.5) is 0 Å². The van der Waals surface area contributed by atoms with Crippen LogP contribution in [0.2, 0.25) is 0 Å². The topological polar surface area (TPSA) is 77.5 Å². The van der Waals surface area contributed by atoms with Crippen LogP contribution in [0.25, 0.3) is 0 Å². The normalized spacial score (nSPS) is 11.7. The summed E-state index contributed by atoms with van der Waals surface area (Å²) in [5, 5.41) is 12.8. The van der Waals surface area contributed by atoms with Gasteiger partial charge in [0.1, 0.15) is 0 Å². The number of carbonyl (C=O) groups is 1. The second-order valence-corrected chi connectivity index (χ2v) is 7.82. The lowest BCUT2D eigenvalue weighted by Crippen LogP contribution is -2.42. The van der Waals surface area contributed by atoms with Crippen LogP contribution in [0.1, 0.15) is 10.4 Å². The van der Waals surface area contributed by atoms with Gasteiger partial charge in [0.2, 0.25) is 10.0 Å². The van der Waals surface area contributed by atoms with Gasteiger partial charge in [0.05, 0.1) is 17.4 Å². The van der Waals surface area contributed by atoms with Crippen molar-refractivity contribution in [2.75, 3.05) is 13.1 Å². The smallest absolute Gasteiger partial charge is 0.243 e. The van der Waals surface area contributed by atoms with E-state index >= 15 is 0 Å². The van der Waals surface area contributed by atoms with E-state index in [0.29, 0.717) is 6.42 Å². The third kappa shape index (κ3) is 4.16. The quantitative estimate of drug-likeness (QED) is 0.756. The number of thiophene rings is 1. The maximum absolute atomic E-state index is 12.6. The molecule has 0 saturated carbocycles. The summed E-state index contributed by atoms with van der Waals surface area (Å²) in [6.45, 7) is 1.30. The average molecular weight is 338 g/mol. The summed E-state index contributed by atoms with van der Waals surface area (Å²) in [7, 11) is -3.85. The number of aryl methyl sites for hydroxylation is 1. The van der Waals surface area contributed by atoms with Crippen molar-refractivity contribution in [2.24, 2.45) is 0 Å². The van der Waals surface area contributed by atoms with Crippen molar-refractivity contribution in [2.45, 2.75) is 18.2 Å². The highest BCUT2D eigenvalue weighted by Crippen LogP contribution is 2.18. The molecule has 1 heterocycles. The SMILES string of the molecule is Cc1ccc(S(=O)(=O)N(CCc2cccs2)CC(=O)[O-])cc1. The van der Waals surface area contributed by atoms with Gasteiger partial charge in [-0.25, -0.2) is 8.42 Å². The largest absolute Gasteiger partial charge is 0.549 e. The summed E-state index contributed by atoms with van der Waals surface area (Å²) < 4.78 is 26.1. The van der Waals surface area contributed by atoms with Gasteiger partial charge < -0.3 is 9.90 Å². The summed E-state index contributed by atoms with van der Waals surface area (Å²) in [5.74, 6) is -1.41. The van der Waals surface area contributed by atoms with Crippen molar-refractivity contribution >= 4 is 27.3 Å². The number of nitrogens with zero attached hydrogens (tertiary/aromatic N) is 1. The van der Waals surface area contributed by atoms with Gasteiger partial charge in [-0.05, 0) is 36.9 Å².